The fourth-order valence-electron chi connectivity index (χ4n) is 4.79. The first-order valence-electron chi connectivity index (χ1n) is 9.56. The highest BCUT2D eigenvalue weighted by molar-refractivity contribution is 5.87. The summed E-state index contributed by atoms with van der Waals surface area (Å²) < 4.78 is 6.24. The van der Waals surface area contributed by atoms with E-state index in [9.17, 15) is 14.7 Å². The monoisotopic (exact) mass is 370 g/mol. The van der Waals surface area contributed by atoms with Crippen molar-refractivity contribution in [1.29, 1.82) is 0 Å². The number of amides is 1. The van der Waals surface area contributed by atoms with Gasteiger partial charge in [0, 0.05) is 31.1 Å². The summed E-state index contributed by atoms with van der Waals surface area (Å²) in [7, 11) is 1.82. The van der Waals surface area contributed by atoms with Gasteiger partial charge >= 0.3 is 0 Å². The second-order valence-electron chi connectivity index (χ2n) is 8.06. The number of aliphatic hydroxyl groups is 1. The lowest BCUT2D eigenvalue weighted by Crippen LogP contribution is -2.44. The van der Waals surface area contributed by atoms with E-state index >= 15 is 0 Å². The minimum atomic E-state index is -0.744. The van der Waals surface area contributed by atoms with Crippen LogP contribution in [-0.2, 0) is 4.79 Å². The zero-order valence-electron chi connectivity index (χ0n) is 16.0. The van der Waals surface area contributed by atoms with Crippen LogP contribution in [-0.4, -0.2) is 42.6 Å². The lowest BCUT2D eigenvalue weighted by Gasteiger charge is -2.36. The number of carbonyl (C=O) groups excluding carboxylic acids is 1. The number of aliphatic hydroxyl groups excluding tert-OH is 1. The number of fused-ring (bicyclic) bond motifs is 1. The lowest BCUT2D eigenvalue weighted by atomic mass is 9.69. The first-order chi connectivity index (χ1) is 12.8. The number of hydrogen-bond acceptors (Lipinski definition) is 5. The predicted octanol–water partition coefficient (Wildman–Crippen LogP) is 2.08. The average molecular weight is 370 g/mol. The number of likely N-dealkylation sites (N-methyl/N-ethyl adjacent to an activating group) is 1. The van der Waals surface area contributed by atoms with Gasteiger partial charge in [-0.25, -0.2) is 0 Å². The quantitative estimate of drug-likeness (QED) is 0.846. The van der Waals surface area contributed by atoms with Crippen molar-refractivity contribution in [2.45, 2.75) is 38.7 Å². The Bertz CT molecular complexity index is 957. The van der Waals surface area contributed by atoms with Crippen molar-refractivity contribution in [2.24, 2.45) is 5.41 Å². The van der Waals surface area contributed by atoms with Crippen LogP contribution in [0.1, 0.15) is 48.7 Å². The number of carbonyl (C=O) groups is 1. The molecule has 0 bridgehead atoms. The molecule has 4 rings (SSSR count). The fourth-order valence-corrected chi connectivity index (χ4v) is 4.79. The average Bonchev–Trinajstić information content (AvgIpc) is 2.87. The summed E-state index contributed by atoms with van der Waals surface area (Å²) >= 11 is 0. The number of rotatable bonds is 2. The maximum Gasteiger partial charge on any atom is 0.229 e. The van der Waals surface area contributed by atoms with E-state index in [1.54, 1.807) is 24.0 Å². The third-order valence-electron chi connectivity index (χ3n) is 6.21. The molecule has 1 spiro atoms. The summed E-state index contributed by atoms with van der Waals surface area (Å²) in [5.41, 5.74) is 1.32. The molecule has 2 aliphatic rings. The van der Waals surface area contributed by atoms with Crippen molar-refractivity contribution in [2.75, 3.05) is 26.7 Å². The molecule has 1 amide bonds. The number of likely N-dealkylation sites (tertiary alicyclic amines) is 1. The van der Waals surface area contributed by atoms with Crippen LogP contribution in [0.25, 0.3) is 11.0 Å². The minimum Gasteiger partial charge on any atom is -0.460 e. The lowest BCUT2D eigenvalue weighted by molar-refractivity contribution is -0.136. The van der Waals surface area contributed by atoms with Crippen molar-refractivity contribution < 1.29 is 14.3 Å². The van der Waals surface area contributed by atoms with Gasteiger partial charge in [-0.05, 0) is 57.5 Å². The molecule has 1 aromatic heterocycles. The van der Waals surface area contributed by atoms with Crippen molar-refractivity contribution in [3.8, 4) is 0 Å². The van der Waals surface area contributed by atoms with Crippen LogP contribution in [0, 0.1) is 12.3 Å². The van der Waals surface area contributed by atoms with Gasteiger partial charge in [0.15, 0.2) is 5.43 Å². The summed E-state index contributed by atoms with van der Waals surface area (Å²) in [4.78, 5) is 27.6. The summed E-state index contributed by atoms with van der Waals surface area (Å²) in [5, 5.41) is 14.0. The molecule has 0 radical (unpaired) electrons. The van der Waals surface area contributed by atoms with Crippen LogP contribution in [0.5, 0.6) is 0 Å². The molecule has 1 aromatic carbocycles. The predicted molar refractivity (Wildman–Crippen MR) is 103 cm³/mol. The first kappa shape index (κ1) is 18.2. The number of aryl methyl sites for hydroxylation is 1. The molecule has 2 aromatic rings. The van der Waals surface area contributed by atoms with Gasteiger partial charge < -0.3 is 19.7 Å². The van der Waals surface area contributed by atoms with E-state index in [0.29, 0.717) is 28.8 Å². The van der Waals surface area contributed by atoms with Crippen LogP contribution in [0.3, 0.4) is 0 Å². The van der Waals surface area contributed by atoms with E-state index in [1.807, 2.05) is 20.0 Å². The van der Waals surface area contributed by atoms with Gasteiger partial charge in [0.2, 0.25) is 5.91 Å². The molecule has 144 valence electrons. The Balaban J connectivity index is 1.91. The van der Waals surface area contributed by atoms with E-state index < -0.39 is 11.5 Å². The largest absolute Gasteiger partial charge is 0.460 e. The number of hydrogen-bond donors (Lipinski definition) is 2. The zero-order valence-corrected chi connectivity index (χ0v) is 16.0. The maximum absolute atomic E-state index is 13.0. The van der Waals surface area contributed by atoms with Crippen molar-refractivity contribution in [3.05, 3.63) is 45.3 Å². The normalized spacial score (nSPS) is 23.3. The number of piperidine rings is 1. The molecule has 0 saturated carbocycles. The van der Waals surface area contributed by atoms with Gasteiger partial charge in [0.1, 0.15) is 11.3 Å². The Hall–Kier alpha value is -2.18. The van der Waals surface area contributed by atoms with Crippen molar-refractivity contribution in [1.82, 2.24) is 10.2 Å². The summed E-state index contributed by atoms with van der Waals surface area (Å²) in [6, 6.07) is 5.20. The van der Waals surface area contributed by atoms with Crippen LogP contribution in [0.2, 0.25) is 0 Å². The highest BCUT2D eigenvalue weighted by Crippen LogP contribution is 2.49. The molecule has 6 nitrogen and oxygen atoms in total. The van der Waals surface area contributed by atoms with Crippen LogP contribution < -0.4 is 10.7 Å². The van der Waals surface area contributed by atoms with Crippen LogP contribution >= 0.6 is 0 Å². The molecule has 2 aliphatic heterocycles. The Labute approximate surface area is 158 Å². The molecule has 2 atom stereocenters. The molecule has 2 saturated heterocycles. The molecule has 2 fully saturated rings. The van der Waals surface area contributed by atoms with Gasteiger partial charge in [-0.2, -0.15) is 0 Å². The highest BCUT2D eigenvalue weighted by Gasteiger charge is 2.54. The SMILES string of the molecule is Cc1cc(C(C)O)c2oc(C3CN(C)C(=O)C34CCNCC4)cc(=O)c2c1. The smallest absolute Gasteiger partial charge is 0.229 e. The minimum absolute atomic E-state index is 0.122. The third-order valence-corrected chi connectivity index (χ3v) is 6.21. The van der Waals surface area contributed by atoms with Crippen molar-refractivity contribution in [3.63, 3.8) is 0 Å². The van der Waals surface area contributed by atoms with Crippen LogP contribution in [0.15, 0.2) is 27.4 Å². The van der Waals surface area contributed by atoms with E-state index in [4.69, 9.17) is 4.42 Å². The van der Waals surface area contributed by atoms with Gasteiger partial charge in [0.05, 0.1) is 16.9 Å². The highest BCUT2D eigenvalue weighted by atomic mass is 16.3. The molecule has 2 unspecified atom stereocenters. The molecule has 3 heterocycles. The molecule has 0 aliphatic carbocycles. The van der Waals surface area contributed by atoms with E-state index in [0.717, 1.165) is 31.5 Å². The Morgan fingerprint density at radius 3 is 2.63 bits per heavy atom. The second kappa shape index (κ2) is 6.46. The summed E-state index contributed by atoms with van der Waals surface area (Å²) in [6.45, 7) is 5.68. The Morgan fingerprint density at radius 2 is 1.96 bits per heavy atom. The van der Waals surface area contributed by atoms with Crippen molar-refractivity contribution >= 4 is 16.9 Å². The Morgan fingerprint density at radius 1 is 1.26 bits per heavy atom. The van der Waals surface area contributed by atoms with Crippen LogP contribution in [0.4, 0.5) is 0 Å². The molecule has 6 heteroatoms. The number of nitrogens with zero attached hydrogens (tertiary/aromatic N) is 1. The molecular formula is C21H26N2O4. The molecular weight excluding hydrogens is 344 g/mol. The van der Waals surface area contributed by atoms with E-state index in [1.165, 1.54) is 0 Å². The topological polar surface area (TPSA) is 82.8 Å². The Kier molecular flexibility index (Phi) is 4.35. The fraction of sp³-hybridized carbons (Fsp3) is 0.524. The number of nitrogens with one attached hydrogen (secondary N) is 1. The molecule has 27 heavy (non-hydrogen) atoms. The number of benzene rings is 1. The van der Waals surface area contributed by atoms with Gasteiger partial charge in [-0.1, -0.05) is 0 Å². The van der Waals surface area contributed by atoms with Gasteiger partial charge in [-0.3, -0.25) is 9.59 Å². The van der Waals surface area contributed by atoms with Gasteiger partial charge in [-0.15, -0.1) is 0 Å². The van der Waals surface area contributed by atoms with E-state index in [-0.39, 0.29) is 17.3 Å². The molecule has 2 N–H and O–H groups in total. The van der Waals surface area contributed by atoms with Gasteiger partial charge in [0.25, 0.3) is 0 Å². The second-order valence-corrected chi connectivity index (χ2v) is 8.06. The first-order valence-corrected chi connectivity index (χ1v) is 9.56. The summed E-state index contributed by atoms with van der Waals surface area (Å²) in [5.74, 6) is 0.534. The standard InChI is InChI=1S/C21H26N2O4/c1-12-8-14(13(2)24)19-15(9-12)17(25)10-18(27-19)16-11-23(3)20(26)21(16)4-6-22-7-5-21/h8-10,13,16,22,24H,4-7,11H2,1-3H3. The van der Waals surface area contributed by atoms with E-state index in [2.05, 4.69) is 5.32 Å². The zero-order chi connectivity index (χ0) is 19.3. The third kappa shape index (κ3) is 2.78. The summed E-state index contributed by atoms with van der Waals surface area (Å²) in [6.07, 6.45) is 0.728. The maximum atomic E-state index is 13.0.